The average Bonchev–Trinajstić information content (AvgIpc) is 3.20. The molecule has 106 valence electrons. The number of thiazole rings is 1. The van der Waals surface area contributed by atoms with Gasteiger partial charge in [0.05, 0.1) is 0 Å². The van der Waals surface area contributed by atoms with Crippen LogP contribution in [0.2, 0.25) is 0 Å². The molecular formula is C15H14N4OS. The third-order valence-corrected chi connectivity index (χ3v) is 3.95. The standard InChI is InChI=1S/C15H14N4OS/c1-11(19-9-2-7-17-19)14(20)18-13-5-3-12(4-6-13)15-16-8-10-21-15/h2-11H,1H3,(H,18,20). The summed E-state index contributed by atoms with van der Waals surface area (Å²) in [4.78, 5) is 16.4. The van der Waals surface area contributed by atoms with Crippen molar-refractivity contribution < 1.29 is 4.79 Å². The molecule has 1 amide bonds. The monoisotopic (exact) mass is 298 g/mol. The Bertz CT molecular complexity index is 705. The molecule has 0 saturated carbocycles. The minimum atomic E-state index is -0.348. The van der Waals surface area contributed by atoms with Gasteiger partial charge < -0.3 is 5.32 Å². The molecule has 0 aliphatic rings. The van der Waals surface area contributed by atoms with Gasteiger partial charge in [-0.2, -0.15) is 5.10 Å². The van der Waals surface area contributed by atoms with Crippen LogP contribution in [0.3, 0.4) is 0 Å². The molecule has 0 fully saturated rings. The number of rotatable bonds is 4. The van der Waals surface area contributed by atoms with E-state index in [1.165, 1.54) is 0 Å². The Balaban J connectivity index is 1.69. The number of benzene rings is 1. The Labute approximate surface area is 126 Å². The fraction of sp³-hybridized carbons (Fsp3) is 0.133. The van der Waals surface area contributed by atoms with Crippen LogP contribution in [0.5, 0.6) is 0 Å². The van der Waals surface area contributed by atoms with Crippen molar-refractivity contribution in [3.8, 4) is 10.6 Å². The topological polar surface area (TPSA) is 59.8 Å². The highest BCUT2D eigenvalue weighted by atomic mass is 32.1. The molecule has 1 aromatic carbocycles. The van der Waals surface area contributed by atoms with Crippen LogP contribution in [0.15, 0.2) is 54.3 Å². The summed E-state index contributed by atoms with van der Waals surface area (Å²) in [7, 11) is 0. The molecule has 0 aliphatic heterocycles. The minimum Gasteiger partial charge on any atom is -0.324 e. The van der Waals surface area contributed by atoms with Crippen LogP contribution < -0.4 is 5.32 Å². The molecule has 5 nitrogen and oxygen atoms in total. The first-order valence-electron chi connectivity index (χ1n) is 6.54. The molecule has 2 heterocycles. The first-order chi connectivity index (χ1) is 10.2. The van der Waals surface area contributed by atoms with Crippen molar-refractivity contribution in [2.24, 2.45) is 0 Å². The van der Waals surface area contributed by atoms with E-state index in [4.69, 9.17) is 0 Å². The Hall–Kier alpha value is -2.47. The van der Waals surface area contributed by atoms with Gasteiger partial charge >= 0.3 is 0 Å². The van der Waals surface area contributed by atoms with E-state index >= 15 is 0 Å². The SMILES string of the molecule is CC(C(=O)Nc1ccc(-c2nccs2)cc1)n1cccn1. The van der Waals surface area contributed by atoms with Crippen molar-refractivity contribution in [3.63, 3.8) is 0 Å². The molecule has 0 aliphatic carbocycles. The molecule has 1 atom stereocenters. The minimum absolute atomic E-state index is 0.0966. The van der Waals surface area contributed by atoms with Gasteiger partial charge in [0.2, 0.25) is 5.91 Å². The fourth-order valence-corrected chi connectivity index (χ4v) is 2.58. The lowest BCUT2D eigenvalue weighted by Crippen LogP contribution is -2.23. The zero-order valence-corrected chi connectivity index (χ0v) is 12.2. The van der Waals surface area contributed by atoms with Crippen molar-refractivity contribution in [2.45, 2.75) is 13.0 Å². The van der Waals surface area contributed by atoms with E-state index in [2.05, 4.69) is 15.4 Å². The maximum absolute atomic E-state index is 12.1. The van der Waals surface area contributed by atoms with Crippen molar-refractivity contribution >= 4 is 22.9 Å². The van der Waals surface area contributed by atoms with Gasteiger partial charge in [0.1, 0.15) is 11.0 Å². The largest absolute Gasteiger partial charge is 0.324 e. The number of anilines is 1. The van der Waals surface area contributed by atoms with Gasteiger partial charge in [-0.1, -0.05) is 0 Å². The van der Waals surface area contributed by atoms with E-state index in [9.17, 15) is 4.79 Å². The Kier molecular flexibility index (Phi) is 3.79. The van der Waals surface area contributed by atoms with Crippen molar-refractivity contribution in [3.05, 3.63) is 54.3 Å². The fourth-order valence-electron chi connectivity index (χ4n) is 1.94. The van der Waals surface area contributed by atoms with Gasteiger partial charge in [-0.3, -0.25) is 9.48 Å². The number of hydrogen-bond acceptors (Lipinski definition) is 4. The molecule has 21 heavy (non-hydrogen) atoms. The molecule has 6 heteroatoms. The Morgan fingerprint density at radius 2 is 2.10 bits per heavy atom. The molecule has 3 rings (SSSR count). The highest BCUT2D eigenvalue weighted by Gasteiger charge is 2.14. The summed E-state index contributed by atoms with van der Waals surface area (Å²) in [5.74, 6) is -0.0966. The number of nitrogens with one attached hydrogen (secondary N) is 1. The van der Waals surface area contributed by atoms with Crippen molar-refractivity contribution in [2.75, 3.05) is 5.32 Å². The third kappa shape index (κ3) is 3.00. The summed E-state index contributed by atoms with van der Waals surface area (Å²) < 4.78 is 1.62. The van der Waals surface area contributed by atoms with Crippen LogP contribution in [0.25, 0.3) is 10.6 Å². The van der Waals surface area contributed by atoms with Crippen LogP contribution in [0.4, 0.5) is 5.69 Å². The van der Waals surface area contributed by atoms with E-state index in [-0.39, 0.29) is 11.9 Å². The first-order valence-corrected chi connectivity index (χ1v) is 7.42. The summed E-state index contributed by atoms with van der Waals surface area (Å²) in [6.07, 6.45) is 5.21. The van der Waals surface area contributed by atoms with Gasteiger partial charge in [-0.25, -0.2) is 4.98 Å². The molecule has 2 aromatic heterocycles. The lowest BCUT2D eigenvalue weighted by Gasteiger charge is -2.12. The van der Waals surface area contributed by atoms with Crippen molar-refractivity contribution in [1.82, 2.24) is 14.8 Å². The smallest absolute Gasteiger partial charge is 0.248 e. The summed E-state index contributed by atoms with van der Waals surface area (Å²) in [6.45, 7) is 1.81. The van der Waals surface area contributed by atoms with E-state index < -0.39 is 0 Å². The number of carbonyl (C=O) groups excluding carboxylic acids is 1. The molecule has 0 spiro atoms. The van der Waals surface area contributed by atoms with E-state index in [0.717, 1.165) is 16.3 Å². The second-order valence-corrected chi connectivity index (χ2v) is 5.46. The zero-order chi connectivity index (χ0) is 14.7. The molecule has 0 bridgehead atoms. The molecule has 0 radical (unpaired) electrons. The summed E-state index contributed by atoms with van der Waals surface area (Å²) in [5.41, 5.74) is 1.81. The van der Waals surface area contributed by atoms with Crippen LogP contribution in [-0.2, 0) is 4.79 Å². The number of amides is 1. The summed E-state index contributed by atoms with van der Waals surface area (Å²) >= 11 is 1.59. The normalized spacial score (nSPS) is 12.0. The maximum Gasteiger partial charge on any atom is 0.248 e. The van der Waals surface area contributed by atoms with E-state index in [0.29, 0.717) is 0 Å². The number of aromatic nitrogens is 3. The maximum atomic E-state index is 12.1. The molecule has 1 N–H and O–H groups in total. The highest BCUT2D eigenvalue weighted by molar-refractivity contribution is 7.13. The van der Waals surface area contributed by atoms with Gasteiger partial charge in [-0.15, -0.1) is 11.3 Å². The van der Waals surface area contributed by atoms with Crippen molar-refractivity contribution in [1.29, 1.82) is 0 Å². The predicted octanol–water partition coefficient (Wildman–Crippen LogP) is 3.21. The first kappa shape index (κ1) is 13.5. The number of nitrogens with zero attached hydrogens (tertiary/aromatic N) is 3. The Morgan fingerprint density at radius 1 is 1.29 bits per heavy atom. The second-order valence-electron chi connectivity index (χ2n) is 4.57. The molecule has 3 aromatic rings. The molecular weight excluding hydrogens is 284 g/mol. The van der Waals surface area contributed by atoms with Gasteiger partial charge in [0.25, 0.3) is 0 Å². The second kappa shape index (κ2) is 5.88. The van der Waals surface area contributed by atoms with Gasteiger partial charge in [0, 0.05) is 35.2 Å². The quantitative estimate of drug-likeness (QED) is 0.804. The number of hydrogen-bond donors (Lipinski definition) is 1. The van der Waals surface area contributed by atoms with E-state index in [1.807, 2.05) is 36.6 Å². The number of carbonyl (C=O) groups is 1. The van der Waals surface area contributed by atoms with Crippen LogP contribution >= 0.6 is 11.3 Å². The molecule has 1 unspecified atom stereocenters. The highest BCUT2D eigenvalue weighted by Crippen LogP contribution is 2.23. The van der Waals surface area contributed by atoms with Gasteiger partial charge in [0.15, 0.2) is 0 Å². The third-order valence-electron chi connectivity index (χ3n) is 3.13. The van der Waals surface area contributed by atoms with Crippen LogP contribution in [0, 0.1) is 0 Å². The summed E-state index contributed by atoms with van der Waals surface area (Å²) in [6, 6.07) is 9.11. The lowest BCUT2D eigenvalue weighted by atomic mass is 10.2. The Morgan fingerprint density at radius 3 is 2.71 bits per heavy atom. The summed E-state index contributed by atoms with van der Waals surface area (Å²) in [5, 5.41) is 9.87. The van der Waals surface area contributed by atoms with Gasteiger partial charge in [-0.05, 0) is 37.3 Å². The van der Waals surface area contributed by atoms with E-state index in [1.54, 1.807) is 40.7 Å². The predicted molar refractivity (Wildman–Crippen MR) is 83.1 cm³/mol. The van der Waals surface area contributed by atoms with Crippen LogP contribution in [-0.4, -0.2) is 20.7 Å². The lowest BCUT2D eigenvalue weighted by molar-refractivity contribution is -0.119. The zero-order valence-electron chi connectivity index (χ0n) is 11.4. The van der Waals surface area contributed by atoms with Crippen LogP contribution in [0.1, 0.15) is 13.0 Å². The molecule has 0 saturated heterocycles. The average molecular weight is 298 g/mol.